The third kappa shape index (κ3) is 3.19. The van der Waals surface area contributed by atoms with Crippen molar-refractivity contribution in [3.8, 4) is 0 Å². The Bertz CT molecular complexity index is 492. The van der Waals surface area contributed by atoms with Crippen LogP contribution in [0, 0.1) is 10.1 Å². The Balaban J connectivity index is 1.93. The van der Waals surface area contributed by atoms with Crippen molar-refractivity contribution in [2.45, 2.75) is 19.0 Å². The molecule has 7 nitrogen and oxygen atoms in total. The minimum Gasteiger partial charge on any atom is -0.465 e. The van der Waals surface area contributed by atoms with E-state index in [-0.39, 0.29) is 11.7 Å². The number of hydrogen-bond acceptors (Lipinski definition) is 4. The van der Waals surface area contributed by atoms with Crippen molar-refractivity contribution >= 4 is 11.8 Å². The second-order valence-electron chi connectivity index (χ2n) is 4.48. The summed E-state index contributed by atoms with van der Waals surface area (Å²) in [6.07, 6.45) is -0.192. The lowest BCUT2D eigenvalue weighted by molar-refractivity contribution is -0.385. The fraction of sp³-hybridized carbons (Fsp3) is 0.417. The summed E-state index contributed by atoms with van der Waals surface area (Å²) in [4.78, 5) is 22.6. The molecule has 1 fully saturated rings. The molecule has 0 saturated carbocycles. The van der Waals surface area contributed by atoms with Crippen LogP contribution in [0.4, 0.5) is 10.5 Å². The summed E-state index contributed by atoms with van der Waals surface area (Å²) in [7, 11) is 0. The van der Waals surface area contributed by atoms with Crippen LogP contribution in [-0.4, -0.2) is 40.2 Å². The molecule has 1 heterocycles. The first-order valence-electron chi connectivity index (χ1n) is 6.01. The molecule has 19 heavy (non-hydrogen) atoms. The van der Waals surface area contributed by atoms with E-state index in [9.17, 15) is 14.9 Å². The molecule has 1 aromatic rings. The maximum atomic E-state index is 10.9. The van der Waals surface area contributed by atoms with E-state index in [0.717, 1.165) is 6.42 Å². The van der Waals surface area contributed by atoms with Crippen LogP contribution in [0.5, 0.6) is 0 Å². The minimum absolute atomic E-state index is 0.0518. The van der Waals surface area contributed by atoms with Crippen molar-refractivity contribution in [3.63, 3.8) is 0 Å². The predicted molar refractivity (Wildman–Crippen MR) is 67.9 cm³/mol. The number of nitrogens with one attached hydrogen (secondary N) is 1. The van der Waals surface area contributed by atoms with Crippen LogP contribution in [0.25, 0.3) is 0 Å². The Kier molecular flexibility index (Phi) is 3.96. The fourth-order valence-corrected chi connectivity index (χ4v) is 2.19. The van der Waals surface area contributed by atoms with E-state index in [4.69, 9.17) is 5.11 Å². The van der Waals surface area contributed by atoms with E-state index < -0.39 is 11.0 Å². The first-order valence-corrected chi connectivity index (χ1v) is 6.01. The Morgan fingerprint density at radius 2 is 2.26 bits per heavy atom. The first-order chi connectivity index (χ1) is 9.08. The van der Waals surface area contributed by atoms with E-state index in [2.05, 4.69) is 5.32 Å². The molecule has 0 radical (unpaired) electrons. The van der Waals surface area contributed by atoms with Crippen LogP contribution in [0.3, 0.4) is 0 Å². The van der Waals surface area contributed by atoms with Gasteiger partial charge in [-0.3, -0.25) is 10.1 Å². The zero-order valence-corrected chi connectivity index (χ0v) is 10.3. The maximum absolute atomic E-state index is 10.9. The van der Waals surface area contributed by atoms with E-state index >= 15 is 0 Å². The fourth-order valence-electron chi connectivity index (χ4n) is 2.19. The summed E-state index contributed by atoms with van der Waals surface area (Å²) in [6.45, 7) is 1.30. The topological polar surface area (TPSA) is 95.7 Å². The highest BCUT2D eigenvalue weighted by atomic mass is 16.6. The summed E-state index contributed by atoms with van der Waals surface area (Å²) in [5.41, 5.74) is 0.698. The normalized spacial score (nSPS) is 18.5. The molecule has 0 aromatic heterocycles. The van der Waals surface area contributed by atoms with Crippen molar-refractivity contribution in [3.05, 3.63) is 39.9 Å². The van der Waals surface area contributed by atoms with Gasteiger partial charge in [0, 0.05) is 37.3 Å². The molecule has 102 valence electrons. The molecule has 2 N–H and O–H groups in total. The second-order valence-corrected chi connectivity index (χ2v) is 4.48. The first kappa shape index (κ1) is 13.3. The zero-order chi connectivity index (χ0) is 13.8. The molecule has 1 saturated heterocycles. The van der Waals surface area contributed by atoms with Crippen LogP contribution >= 0.6 is 0 Å². The lowest BCUT2D eigenvalue weighted by Gasteiger charge is -2.13. The standard InChI is InChI=1S/C12H15N3O4/c16-12(17)14-6-5-10(8-14)13-7-9-3-1-2-4-11(9)15(18)19/h1-4,10,13H,5-8H2,(H,16,17)/t10-/m1/s1. The van der Waals surface area contributed by atoms with E-state index in [0.29, 0.717) is 25.2 Å². The van der Waals surface area contributed by atoms with Gasteiger partial charge in [-0.2, -0.15) is 0 Å². The zero-order valence-electron chi connectivity index (χ0n) is 10.3. The van der Waals surface area contributed by atoms with Crippen molar-refractivity contribution in [2.24, 2.45) is 0 Å². The van der Waals surface area contributed by atoms with Crippen molar-refractivity contribution in [1.82, 2.24) is 10.2 Å². The van der Waals surface area contributed by atoms with Gasteiger partial charge >= 0.3 is 6.09 Å². The maximum Gasteiger partial charge on any atom is 0.407 e. The van der Waals surface area contributed by atoms with Crippen LogP contribution in [0.1, 0.15) is 12.0 Å². The van der Waals surface area contributed by atoms with E-state index in [1.54, 1.807) is 18.2 Å². The molecule has 0 aliphatic carbocycles. The summed E-state index contributed by atoms with van der Waals surface area (Å²) < 4.78 is 0. The summed E-state index contributed by atoms with van der Waals surface area (Å²) >= 11 is 0. The number of carboxylic acid groups (broad SMARTS) is 1. The molecule has 1 atom stereocenters. The van der Waals surface area contributed by atoms with Gasteiger partial charge in [0.2, 0.25) is 0 Å². The highest BCUT2D eigenvalue weighted by molar-refractivity contribution is 5.65. The lowest BCUT2D eigenvalue weighted by atomic mass is 10.1. The van der Waals surface area contributed by atoms with Crippen LogP contribution in [0.15, 0.2) is 24.3 Å². The summed E-state index contributed by atoms with van der Waals surface area (Å²) in [5, 5.41) is 22.9. The molecule has 2 rings (SSSR count). The molecule has 7 heteroatoms. The van der Waals surface area contributed by atoms with Crippen LogP contribution < -0.4 is 5.32 Å². The monoisotopic (exact) mass is 265 g/mol. The molecule has 1 aromatic carbocycles. The van der Waals surface area contributed by atoms with Gasteiger partial charge in [-0.05, 0) is 6.42 Å². The third-order valence-electron chi connectivity index (χ3n) is 3.23. The van der Waals surface area contributed by atoms with Gasteiger partial charge in [-0.1, -0.05) is 18.2 Å². The average molecular weight is 265 g/mol. The largest absolute Gasteiger partial charge is 0.465 e. The number of nitro groups is 1. The molecular formula is C12H15N3O4. The smallest absolute Gasteiger partial charge is 0.407 e. The van der Waals surface area contributed by atoms with Gasteiger partial charge in [0.25, 0.3) is 5.69 Å². The Morgan fingerprint density at radius 1 is 1.53 bits per heavy atom. The Morgan fingerprint density at radius 3 is 2.89 bits per heavy atom. The molecule has 1 aliphatic heterocycles. The van der Waals surface area contributed by atoms with Gasteiger partial charge in [0.1, 0.15) is 0 Å². The highest BCUT2D eigenvalue weighted by Gasteiger charge is 2.25. The number of hydrogen-bond donors (Lipinski definition) is 2. The summed E-state index contributed by atoms with van der Waals surface area (Å²) in [6, 6.07) is 6.60. The van der Waals surface area contributed by atoms with Crippen LogP contribution in [0.2, 0.25) is 0 Å². The third-order valence-corrected chi connectivity index (χ3v) is 3.23. The molecule has 1 amide bonds. The number of nitrogens with zero attached hydrogens (tertiary/aromatic N) is 2. The number of benzene rings is 1. The lowest BCUT2D eigenvalue weighted by Crippen LogP contribution is -2.34. The Labute approximate surface area is 110 Å². The molecular weight excluding hydrogens is 250 g/mol. The van der Waals surface area contributed by atoms with Crippen molar-refractivity contribution in [1.29, 1.82) is 0 Å². The van der Waals surface area contributed by atoms with Gasteiger partial charge < -0.3 is 15.3 Å². The predicted octanol–water partition coefficient (Wildman–Crippen LogP) is 1.44. The molecule has 0 spiro atoms. The molecule has 0 unspecified atom stereocenters. The number of nitro benzene ring substituents is 1. The second kappa shape index (κ2) is 5.66. The number of para-hydroxylation sites is 1. The van der Waals surface area contributed by atoms with E-state index in [1.807, 2.05) is 0 Å². The van der Waals surface area contributed by atoms with E-state index in [1.165, 1.54) is 11.0 Å². The van der Waals surface area contributed by atoms with Crippen LogP contribution in [-0.2, 0) is 6.54 Å². The van der Waals surface area contributed by atoms with Crippen molar-refractivity contribution < 1.29 is 14.8 Å². The van der Waals surface area contributed by atoms with Gasteiger partial charge in [-0.15, -0.1) is 0 Å². The number of rotatable bonds is 4. The number of amides is 1. The highest BCUT2D eigenvalue weighted by Crippen LogP contribution is 2.18. The van der Waals surface area contributed by atoms with Gasteiger partial charge in [-0.25, -0.2) is 4.79 Å². The Hall–Kier alpha value is -2.15. The SMILES string of the molecule is O=C(O)N1CC[C@@H](NCc2ccccc2[N+](=O)[O-])C1. The summed E-state index contributed by atoms with van der Waals surface area (Å²) in [5.74, 6) is 0. The molecule has 1 aliphatic rings. The minimum atomic E-state index is -0.921. The molecule has 0 bridgehead atoms. The number of likely N-dealkylation sites (tertiary alicyclic amines) is 1. The quantitative estimate of drug-likeness (QED) is 0.634. The number of carbonyl (C=O) groups is 1. The average Bonchev–Trinajstić information content (AvgIpc) is 2.85. The van der Waals surface area contributed by atoms with Crippen molar-refractivity contribution in [2.75, 3.05) is 13.1 Å². The van der Waals surface area contributed by atoms with Gasteiger partial charge in [0.15, 0.2) is 0 Å². The van der Waals surface area contributed by atoms with Gasteiger partial charge in [0.05, 0.1) is 4.92 Å².